The molecule has 0 N–H and O–H groups in total. The summed E-state index contributed by atoms with van der Waals surface area (Å²) in [6, 6.07) is 12.5. The Morgan fingerprint density at radius 3 is 2.74 bits per heavy atom. The molecule has 0 unspecified atom stereocenters. The highest BCUT2D eigenvalue weighted by Crippen LogP contribution is 2.22. The van der Waals surface area contributed by atoms with E-state index in [0.717, 1.165) is 10.0 Å². The maximum atomic E-state index is 11.9. The van der Waals surface area contributed by atoms with Gasteiger partial charge in [0.05, 0.1) is 10.6 Å². The van der Waals surface area contributed by atoms with Gasteiger partial charge in [0.15, 0.2) is 0 Å². The highest BCUT2D eigenvalue weighted by atomic mass is 79.9. The van der Waals surface area contributed by atoms with Gasteiger partial charge in [-0.3, -0.25) is 0 Å². The molecular weight excluding hydrogens is 348 g/mol. The smallest absolute Gasteiger partial charge is 0.340 e. The Morgan fingerprint density at radius 2 is 2.00 bits per heavy atom. The lowest BCUT2D eigenvalue weighted by molar-refractivity contribution is 0.0472. The van der Waals surface area contributed by atoms with E-state index in [-0.39, 0.29) is 6.61 Å². The summed E-state index contributed by atoms with van der Waals surface area (Å²) in [6.07, 6.45) is 0. The Morgan fingerprint density at radius 1 is 1.26 bits per heavy atom. The van der Waals surface area contributed by atoms with Gasteiger partial charge in [-0.25, -0.2) is 4.79 Å². The molecule has 0 spiro atoms. The minimum Gasteiger partial charge on any atom is -0.457 e. The van der Waals surface area contributed by atoms with E-state index in [1.54, 1.807) is 18.2 Å². The quantitative estimate of drug-likeness (QED) is 0.634. The second-order valence-electron chi connectivity index (χ2n) is 3.83. The van der Waals surface area contributed by atoms with Crippen molar-refractivity contribution in [3.63, 3.8) is 0 Å². The van der Waals surface area contributed by atoms with Crippen LogP contribution in [-0.2, 0) is 11.3 Å². The molecular formula is C14H10BrClO2S. The summed E-state index contributed by atoms with van der Waals surface area (Å²) >= 11 is 13.5. The Hall–Kier alpha value is -0.970. The normalized spacial score (nSPS) is 10.3. The van der Waals surface area contributed by atoms with Crippen LogP contribution >= 0.6 is 40.2 Å². The van der Waals surface area contributed by atoms with Crippen LogP contribution in [0, 0.1) is 0 Å². The number of carbonyl (C=O) groups excluding carboxylic acids is 1. The van der Waals surface area contributed by atoms with Crippen molar-refractivity contribution < 1.29 is 9.53 Å². The molecule has 19 heavy (non-hydrogen) atoms. The molecule has 0 aliphatic rings. The van der Waals surface area contributed by atoms with Gasteiger partial charge >= 0.3 is 5.97 Å². The lowest BCUT2D eigenvalue weighted by Gasteiger charge is -2.08. The number of benzene rings is 2. The predicted molar refractivity (Wildman–Crippen MR) is 82.0 cm³/mol. The number of halogens is 2. The SMILES string of the molecule is O=C(OCc1ccccc1Br)c1cc(S)ccc1Cl. The van der Waals surface area contributed by atoms with Crippen molar-refractivity contribution in [3.8, 4) is 0 Å². The van der Waals surface area contributed by atoms with Crippen LogP contribution in [0.3, 0.4) is 0 Å². The predicted octanol–water partition coefficient (Wildman–Crippen LogP) is 4.75. The summed E-state index contributed by atoms with van der Waals surface area (Å²) in [5, 5.41) is 0.356. The standard InChI is InChI=1S/C14H10BrClO2S/c15-12-4-2-1-3-9(12)8-18-14(17)11-7-10(19)5-6-13(11)16/h1-7,19H,8H2. The summed E-state index contributed by atoms with van der Waals surface area (Å²) in [4.78, 5) is 12.6. The molecule has 0 saturated carbocycles. The van der Waals surface area contributed by atoms with Crippen molar-refractivity contribution in [2.75, 3.05) is 0 Å². The Balaban J connectivity index is 2.10. The molecule has 0 radical (unpaired) electrons. The van der Waals surface area contributed by atoms with Crippen molar-refractivity contribution >= 4 is 46.1 Å². The fourth-order valence-electron chi connectivity index (χ4n) is 1.51. The number of hydrogen-bond donors (Lipinski definition) is 1. The first-order chi connectivity index (χ1) is 9.08. The third kappa shape index (κ3) is 3.75. The first-order valence-corrected chi connectivity index (χ1v) is 7.09. The second-order valence-corrected chi connectivity index (χ2v) is 5.61. The maximum absolute atomic E-state index is 11.9. The summed E-state index contributed by atoms with van der Waals surface area (Å²) < 4.78 is 6.14. The molecule has 0 saturated heterocycles. The molecule has 0 bridgehead atoms. The molecule has 98 valence electrons. The van der Waals surface area contributed by atoms with E-state index >= 15 is 0 Å². The molecule has 5 heteroatoms. The zero-order valence-electron chi connectivity index (χ0n) is 9.77. The molecule has 0 aliphatic carbocycles. The molecule has 0 heterocycles. The van der Waals surface area contributed by atoms with Gasteiger partial charge in [-0.2, -0.15) is 0 Å². The van der Waals surface area contributed by atoms with Crippen LogP contribution in [0.4, 0.5) is 0 Å². The molecule has 0 atom stereocenters. The summed E-state index contributed by atoms with van der Waals surface area (Å²) in [6.45, 7) is 0.188. The Bertz CT molecular complexity index is 616. The average Bonchev–Trinajstić information content (AvgIpc) is 2.40. The van der Waals surface area contributed by atoms with Gasteiger partial charge in [0, 0.05) is 14.9 Å². The van der Waals surface area contributed by atoms with E-state index in [0.29, 0.717) is 15.5 Å². The Kier molecular flexibility index (Phi) is 4.91. The third-order valence-corrected chi connectivity index (χ3v) is 3.87. The second kappa shape index (κ2) is 6.46. The van der Waals surface area contributed by atoms with Gasteiger partial charge in [0.1, 0.15) is 6.61 Å². The minimum absolute atomic E-state index is 0.188. The van der Waals surface area contributed by atoms with Crippen LogP contribution in [0.1, 0.15) is 15.9 Å². The number of esters is 1. The van der Waals surface area contributed by atoms with Crippen LogP contribution in [0.2, 0.25) is 5.02 Å². The zero-order chi connectivity index (χ0) is 13.8. The monoisotopic (exact) mass is 356 g/mol. The molecule has 2 nitrogen and oxygen atoms in total. The van der Waals surface area contributed by atoms with E-state index < -0.39 is 5.97 Å². The van der Waals surface area contributed by atoms with Crippen LogP contribution in [0.15, 0.2) is 51.8 Å². The maximum Gasteiger partial charge on any atom is 0.340 e. The molecule has 2 aromatic rings. The minimum atomic E-state index is -0.461. The first kappa shape index (κ1) is 14.4. The van der Waals surface area contributed by atoms with Crippen LogP contribution < -0.4 is 0 Å². The topological polar surface area (TPSA) is 26.3 Å². The molecule has 2 aromatic carbocycles. The Labute approximate surface area is 130 Å². The highest BCUT2D eigenvalue weighted by molar-refractivity contribution is 9.10. The molecule has 0 amide bonds. The van der Waals surface area contributed by atoms with Gasteiger partial charge in [-0.05, 0) is 24.3 Å². The van der Waals surface area contributed by atoms with E-state index in [1.807, 2.05) is 24.3 Å². The van der Waals surface area contributed by atoms with Gasteiger partial charge in [0.25, 0.3) is 0 Å². The van der Waals surface area contributed by atoms with E-state index in [9.17, 15) is 4.79 Å². The largest absolute Gasteiger partial charge is 0.457 e. The molecule has 2 rings (SSSR count). The van der Waals surface area contributed by atoms with Gasteiger partial charge in [-0.1, -0.05) is 45.7 Å². The lowest BCUT2D eigenvalue weighted by Crippen LogP contribution is -2.06. The lowest BCUT2D eigenvalue weighted by atomic mass is 10.2. The van der Waals surface area contributed by atoms with E-state index in [4.69, 9.17) is 16.3 Å². The fraction of sp³-hybridized carbons (Fsp3) is 0.0714. The molecule has 0 fully saturated rings. The van der Waals surface area contributed by atoms with Crippen LogP contribution in [0.5, 0.6) is 0 Å². The van der Waals surface area contributed by atoms with E-state index in [2.05, 4.69) is 28.6 Å². The van der Waals surface area contributed by atoms with Crippen molar-refractivity contribution in [2.24, 2.45) is 0 Å². The summed E-state index contributed by atoms with van der Waals surface area (Å²) in [7, 11) is 0. The van der Waals surface area contributed by atoms with Gasteiger partial charge in [0.2, 0.25) is 0 Å². The summed E-state index contributed by atoms with van der Waals surface area (Å²) in [5.41, 5.74) is 1.22. The molecule has 0 aromatic heterocycles. The van der Waals surface area contributed by atoms with Crippen molar-refractivity contribution in [1.82, 2.24) is 0 Å². The van der Waals surface area contributed by atoms with Crippen LogP contribution in [-0.4, -0.2) is 5.97 Å². The number of ether oxygens (including phenoxy) is 1. The number of thiol groups is 1. The van der Waals surface area contributed by atoms with Crippen molar-refractivity contribution in [1.29, 1.82) is 0 Å². The number of carbonyl (C=O) groups is 1. The van der Waals surface area contributed by atoms with Crippen LogP contribution in [0.25, 0.3) is 0 Å². The van der Waals surface area contributed by atoms with E-state index in [1.165, 1.54) is 0 Å². The van der Waals surface area contributed by atoms with Crippen molar-refractivity contribution in [2.45, 2.75) is 11.5 Å². The first-order valence-electron chi connectivity index (χ1n) is 5.47. The number of hydrogen-bond acceptors (Lipinski definition) is 3. The fourth-order valence-corrected chi connectivity index (χ4v) is 2.30. The number of rotatable bonds is 3. The summed E-state index contributed by atoms with van der Waals surface area (Å²) in [5.74, 6) is -0.461. The zero-order valence-corrected chi connectivity index (χ0v) is 13.0. The molecule has 0 aliphatic heterocycles. The van der Waals surface area contributed by atoms with Crippen molar-refractivity contribution in [3.05, 3.63) is 63.1 Å². The highest BCUT2D eigenvalue weighted by Gasteiger charge is 2.12. The average molecular weight is 358 g/mol. The van der Waals surface area contributed by atoms with Gasteiger partial charge in [-0.15, -0.1) is 12.6 Å². The third-order valence-electron chi connectivity index (χ3n) is 2.49. The van der Waals surface area contributed by atoms with Gasteiger partial charge < -0.3 is 4.74 Å².